The van der Waals surface area contributed by atoms with Gasteiger partial charge in [0.2, 0.25) is 5.91 Å². The molecule has 1 amide bonds. The molecule has 1 aromatic carbocycles. The zero-order valence-corrected chi connectivity index (χ0v) is 14.4. The summed E-state index contributed by atoms with van der Waals surface area (Å²) in [7, 11) is 0. The predicted octanol–water partition coefficient (Wildman–Crippen LogP) is 2.84. The van der Waals surface area contributed by atoms with Gasteiger partial charge in [0.25, 0.3) is 0 Å². The molecule has 2 rings (SSSR count). The highest BCUT2D eigenvalue weighted by atomic mass is 16.2. The van der Waals surface area contributed by atoms with E-state index in [9.17, 15) is 4.79 Å². The summed E-state index contributed by atoms with van der Waals surface area (Å²) in [6.45, 7) is 4.67. The van der Waals surface area contributed by atoms with E-state index in [1.54, 1.807) is 0 Å². The molecule has 0 aromatic heterocycles. The van der Waals surface area contributed by atoms with Gasteiger partial charge in [-0.15, -0.1) is 12.3 Å². The van der Waals surface area contributed by atoms with Gasteiger partial charge in [0.05, 0.1) is 6.04 Å². The van der Waals surface area contributed by atoms with Crippen LogP contribution in [0.5, 0.6) is 0 Å². The lowest BCUT2D eigenvalue weighted by atomic mass is 9.82. The Morgan fingerprint density at radius 3 is 2.50 bits per heavy atom. The Morgan fingerprint density at radius 2 is 1.96 bits per heavy atom. The highest BCUT2D eigenvalue weighted by Gasteiger charge is 2.39. The average Bonchev–Trinajstić information content (AvgIpc) is 3.34. The fraction of sp³-hybridized carbons (Fsp3) is 0.526. The Hall–Kier alpha value is -2.19. The van der Waals surface area contributed by atoms with Crippen molar-refractivity contribution in [3.8, 4) is 12.3 Å². The van der Waals surface area contributed by atoms with Gasteiger partial charge >= 0.3 is 0 Å². The van der Waals surface area contributed by atoms with Crippen molar-refractivity contribution in [2.75, 3.05) is 6.54 Å². The minimum atomic E-state index is -0.581. The Morgan fingerprint density at radius 1 is 1.29 bits per heavy atom. The van der Waals surface area contributed by atoms with E-state index >= 15 is 0 Å². The number of hydrogen-bond donors (Lipinski definition) is 2. The van der Waals surface area contributed by atoms with Gasteiger partial charge in [0.1, 0.15) is 0 Å². The molecule has 0 radical (unpaired) electrons. The molecule has 5 heteroatoms. The molecule has 1 aromatic rings. The molecule has 128 valence electrons. The van der Waals surface area contributed by atoms with E-state index in [0.717, 1.165) is 12.0 Å². The molecule has 0 bridgehead atoms. The molecule has 0 saturated heterocycles. The maximum Gasteiger partial charge on any atom is 0.237 e. The van der Waals surface area contributed by atoms with Crippen LogP contribution in [0.25, 0.3) is 0 Å². The van der Waals surface area contributed by atoms with E-state index in [2.05, 4.69) is 35.3 Å². The number of nitrogens with two attached hydrogens (primary N) is 1. The summed E-state index contributed by atoms with van der Waals surface area (Å²) in [5.74, 6) is 2.72. The minimum Gasteiger partial charge on any atom is -0.355 e. The van der Waals surface area contributed by atoms with Crippen LogP contribution in [0.1, 0.15) is 44.6 Å². The van der Waals surface area contributed by atoms with E-state index in [1.807, 2.05) is 30.3 Å². The number of nitrogens with zero attached hydrogens (tertiary/aromatic N) is 2. The Balaban J connectivity index is 1.88. The van der Waals surface area contributed by atoms with Gasteiger partial charge in [-0.25, -0.2) is 0 Å². The maximum absolute atomic E-state index is 12.5. The van der Waals surface area contributed by atoms with E-state index in [0.29, 0.717) is 19.4 Å². The zero-order valence-electron chi connectivity index (χ0n) is 14.4. The summed E-state index contributed by atoms with van der Waals surface area (Å²) in [6.07, 6.45) is 7.33. The first-order valence-corrected chi connectivity index (χ1v) is 8.45. The third-order valence-corrected chi connectivity index (χ3v) is 4.47. The summed E-state index contributed by atoms with van der Waals surface area (Å²) < 4.78 is 0. The molecular weight excluding hydrogens is 300 g/mol. The lowest BCUT2D eigenvalue weighted by Gasteiger charge is -2.27. The van der Waals surface area contributed by atoms with Crippen molar-refractivity contribution >= 4 is 5.91 Å². The van der Waals surface area contributed by atoms with E-state index in [1.165, 1.54) is 0 Å². The smallest absolute Gasteiger partial charge is 0.237 e. The standard InChI is InChI=1S/C19H26N4O/c1-4-5-11-19(22-23-19)12-13-21-18(24)17(20)16(14(2)3)15-9-7-6-8-10-15/h1,6-10,14,16-17H,5,11-13,20H2,2-3H3,(H,21,24). The van der Waals surface area contributed by atoms with Crippen molar-refractivity contribution in [3.63, 3.8) is 0 Å². The average molecular weight is 326 g/mol. The van der Waals surface area contributed by atoms with Crippen LogP contribution in [-0.2, 0) is 4.79 Å². The Labute approximate surface area is 144 Å². The van der Waals surface area contributed by atoms with Crippen molar-refractivity contribution in [1.29, 1.82) is 0 Å². The van der Waals surface area contributed by atoms with Crippen LogP contribution in [-0.4, -0.2) is 24.2 Å². The number of terminal acetylenes is 1. The number of rotatable bonds is 9. The molecule has 3 N–H and O–H groups in total. The molecule has 1 aliphatic heterocycles. The molecule has 0 fully saturated rings. The quantitative estimate of drug-likeness (QED) is 0.684. The molecule has 0 spiro atoms. The van der Waals surface area contributed by atoms with Gasteiger partial charge in [-0.1, -0.05) is 44.2 Å². The lowest BCUT2D eigenvalue weighted by Crippen LogP contribution is -2.46. The van der Waals surface area contributed by atoms with Crippen molar-refractivity contribution in [3.05, 3.63) is 35.9 Å². The van der Waals surface area contributed by atoms with E-state index < -0.39 is 6.04 Å². The van der Waals surface area contributed by atoms with Crippen LogP contribution in [0.15, 0.2) is 40.6 Å². The molecule has 1 heterocycles. The van der Waals surface area contributed by atoms with Crippen LogP contribution in [0.4, 0.5) is 0 Å². The molecule has 5 nitrogen and oxygen atoms in total. The first-order valence-electron chi connectivity index (χ1n) is 8.45. The maximum atomic E-state index is 12.5. The number of benzene rings is 1. The number of nitrogens with one attached hydrogen (secondary N) is 1. The van der Waals surface area contributed by atoms with Crippen LogP contribution >= 0.6 is 0 Å². The van der Waals surface area contributed by atoms with Gasteiger partial charge in [0, 0.05) is 31.7 Å². The van der Waals surface area contributed by atoms with Crippen molar-refractivity contribution in [1.82, 2.24) is 5.32 Å². The molecule has 2 atom stereocenters. The van der Waals surface area contributed by atoms with Gasteiger partial charge < -0.3 is 11.1 Å². The molecular formula is C19H26N4O. The van der Waals surface area contributed by atoms with Gasteiger partial charge in [-0.3, -0.25) is 4.79 Å². The summed E-state index contributed by atoms with van der Waals surface area (Å²) >= 11 is 0. The Bertz CT molecular complexity index is 612. The summed E-state index contributed by atoms with van der Waals surface area (Å²) in [5, 5.41) is 11.1. The molecule has 2 unspecified atom stereocenters. The summed E-state index contributed by atoms with van der Waals surface area (Å²) in [5.41, 5.74) is 6.97. The predicted molar refractivity (Wildman–Crippen MR) is 95.3 cm³/mol. The number of carbonyl (C=O) groups excluding carboxylic acids is 1. The highest BCUT2D eigenvalue weighted by Crippen LogP contribution is 2.36. The molecule has 1 aliphatic rings. The third-order valence-electron chi connectivity index (χ3n) is 4.47. The van der Waals surface area contributed by atoms with E-state index in [4.69, 9.17) is 12.2 Å². The van der Waals surface area contributed by atoms with Crippen molar-refractivity contribution in [2.24, 2.45) is 21.9 Å². The first-order chi connectivity index (χ1) is 11.5. The zero-order chi connectivity index (χ0) is 17.6. The molecule has 0 saturated carbocycles. The summed E-state index contributed by atoms with van der Waals surface area (Å²) in [4.78, 5) is 12.5. The van der Waals surface area contributed by atoms with Crippen LogP contribution in [0.3, 0.4) is 0 Å². The second kappa shape index (κ2) is 8.07. The third kappa shape index (κ3) is 4.65. The fourth-order valence-electron chi connectivity index (χ4n) is 3.02. The van der Waals surface area contributed by atoms with Crippen molar-refractivity contribution in [2.45, 2.75) is 50.7 Å². The fourth-order valence-corrected chi connectivity index (χ4v) is 3.02. The lowest BCUT2D eigenvalue weighted by molar-refractivity contribution is -0.123. The number of amides is 1. The van der Waals surface area contributed by atoms with Crippen LogP contribution in [0, 0.1) is 18.3 Å². The molecule has 24 heavy (non-hydrogen) atoms. The molecule has 0 aliphatic carbocycles. The second-order valence-electron chi connectivity index (χ2n) is 6.63. The summed E-state index contributed by atoms with van der Waals surface area (Å²) in [6, 6.07) is 9.37. The van der Waals surface area contributed by atoms with Crippen LogP contribution < -0.4 is 11.1 Å². The minimum absolute atomic E-state index is 0.0168. The second-order valence-corrected chi connectivity index (χ2v) is 6.63. The van der Waals surface area contributed by atoms with Crippen molar-refractivity contribution < 1.29 is 4.79 Å². The highest BCUT2D eigenvalue weighted by molar-refractivity contribution is 5.82. The monoisotopic (exact) mass is 326 g/mol. The van der Waals surface area contributed by atoms with Crippen LogP contribution in [0.2, 0.25) is 0 Å². The normalized spacial score (nSPS) is 17.1. The number of carbonyl (C=O) groups is 1. The topological polar surface area (TPSA) is 79.8 Å². The van der Waals surface area contributed by atoms with Gasteiger partial charge in [-0.2, -0.15) is 10.2 Å². The largest absolute Gasteiger partial charge is 0.355 e. The first kappa shape index (κ1) is 18.2. The SMILES string of the molecule is C#CCCC1(CCNC(=O)C(N)C(c2ccccc2)C(C)C)N=N1. The Kier molecular flexibility index (Phi) is 6.10. The number of hydrogen-bond acceptors (Lipinski definition) is 4. The van der Waals surface area contributed by atoms with Gasteiger partial charge in [0.15, 0.2) is 5.66 Å². The van der Waals surface area contributed by atoms with Gasteiger partial charge in [-0.05, 0) is 11.5 Å². The van der Waals surface area contributed by atoms with E-state index in [-0.39, 0.29) is 23.4 Å².